The molecule has 0 aliphatic carbocycles. The first-order valence-electron chi connectivity index (χ1n) is 8.61. The van der Waals surface area contributed by atoms with Gasteiger partial charge in [0, 0.05) is 33.1 Å². The Morgan fingerprint density at radius 2 is 2.00 bits per heavy atom. The topological polar surface area (TPSA) is 58.5 Å². The molecule has 0 spiro atoms. The maximum atomic E-state index is 10.5. The van der Waals surface area contributed by atoms with Gasteiger partial charge in [0.25, 0.3) is 0 Å². The van der Waals surface area contributed by atoms with Gasteiger partial charge in [-0.15, -0.1) is 11.3 Å². The summed E-state index contributed by atoms with van der Waals surface area (Å²) in [6.07, 6.45) is 1.60. The summed E-state index contributed by atoms with van der Waals surface area (Å²) in [4.78, 5) is 13.3. The van der Waals surface area contributed by atoms with Crippen molar-refractivity contribution >= 4 is 17.2 Å². The Morgan fingerprint density at radius 1 is 1.15 bits per heavy atom. The highest BCUT2D eigenvalue weighted by atomic mass is 32.1. The molecular weight excluding hydrogens is 346 g/mol. The molecule has 0 radical (unpaired) electrons. The molecule has 1 aliphatic rings. The smallest absolute Gasteiger partial charge is 0.166 e. The second-order valence-corrected chi connectivity index (χ2v) is 7.86. The van der Waals surface area contributed by atoms with Crippen LogP contribution in [-0.2, 0) is 6.54 Å². The SMILES string of the molecule is Cc1ccc(-c2cc(O)c3c(c2)CN(c2ncnc(C)c2C)CCO3)s1. The standard InChI is InChI=1S/C20H21N3O2S/c1-12-4-5-18(26-12)15-8-16-10-23(6-7-25-19(16)17(24)9-15)20-13(2)14(3)21-11-22-20/h4-5,8-9,11,24H,6-7,10H2,1-3H3. The van der Waals surface area contributed by atoms with Crippen LogP contribution in [0.15, 0.2) is 30.6 Å². The number of anilines is 1. The Morgan fingerprint density at radius 3 is 2.77 bits per heavy atom. The minimum atomic E-state index is 0.195. The highest BCUT2D eigenvalue weighted by molar-refractivity contribution is 7.15. The molecular formula is C20H21N3O2S. The van der Waals surface area contributed by atoms with Crippen molar-refractivity contribution in [1.29, 1.82) is 0 Å². The number of fused-ring (bicyclic) bond motifs is 1. The number of aromatic hydroxyl groups is 1. The van der Waals surface area contributed by atoms with Crippen molar-refractivity contribution in [3.8, 4) is 21.9 Å². The molecule has 0 saturated heterocycles. The summed E-state index contributed by atoms with van der Waals surface area (Å²) < 4.78 is 5.87. The number of phenolic OH excluding ortho intramolecular Hbond substituents is 1. The maximum Gasteiger partial charge on any atom is 0.166 e. The van der Waals surface area contributed by atoms with Gasteiger partial charge in [-0.2, -0.15) is 0 Å². The second kappa shape index (κ2) is 6.61. The van der Waals surface area contributed by atoms with E-state index in [-0.39, 0.29) is 5.75 Å². The monoisotopic (exact) mass is 367 g/mol. The summed E-state index contributed by atoms with van der Waals surface area (Å²) in [7, 11) is 0. The second-order valence-electron chi connectivity index (χ2n) is 6.57. The third kappa shape index (κ3) is 3.01. The van der Waals surface area contributed by atoms with E-state index in [1.165, 1.54) is 4.88 Å². The van der Waals surface area contributed by atoms with Gasteiger partial charge in [0.15, 0.2) is 11.5 Å². The summed E-state index contributed by atoms with van der Waals surface area (Å²) >= 11 is 1.72. The van der Waals surface area contributed by atoms with Gasteiger partial charge in [-0.3, -0.25) is 0 Å². The van der Waals surface area contributed by atoms with E-state index < -0.39 is 0 Å². The lowest BCUT2D eigenvalue weighted by atomic mass is 10.1. The normalized spacial score (nSPS) is 13.9. The van der Waals surface area contributed by atoms with E-state index in [4.69, 9.17) is 4.74 Å². The van der Waals surface area contributed by atoms with Crippen molar-refractivity contribution in [3.05, 3.63) is 52.3 Å². The minimum Gasteiger partial charge on any atom is -0.504 e. The molecule has 0 bridgehead atoms. The van der Waals surface area contributed by atoms with Gasteiger partial charge >= 0.3 is 0 Å². The van der Waals surface area contributed by atoms with Crippen molar-refractivity contribution in [2.45, 2.75) is 27.3 Å². The molecule has 3 aromatic rings. The first-order valence-corrected chi connectivity index (χ1v) is 9.43. The Labute approximate surface area is 156 Å². The number of nitrogens with zero attached hydrogens (tertiary/aromatic N) is 3. The molecule has 6 heteroatoms. The zero-order chi connectivity index (χ0) is 18.3. The minimum absolute atomic E-state index is 0.195. The van der Waals surface area contributed by atoms with E-state index in [1.54, 1.807) is 23.7 Å². The molecule has 5 nitrogen and oxygen atoms in total. The number of rotatable bonds is 2. The maximum absolute atomic E-state index is 10.5. The van der Waals surface area contributed by atoms with Crippen molar-refractivity contribution in [1.82, 2.24) is 9.97 Å². The van der Waals surface area contributed by atoms with Crippen molar-refractivity contribution < 1.29 is 9.84 Å². The van der Waals surface area contributed by atoms with Crippen LogP contribution in [-0.4, -0.2) is 28.2 Å². The van der Waals surface area contributed by atoms with Crippen molar-refractivity contribution in [3.63, 3.8) is 0 Å². The van der Waals surface area contributed by atoms with Crippen LogP contribution in [0.25, 0.3) is 10.4 Å². The Bertz CT molecular complexity index is 968. The predicted molar refractivity (Wildman–Crippen MR) is 104 cm³/mol. The molecule has 1 aromatic carbocycles. The summed E-state index contributed by atoms with van der Waals surface area (Å²) in [6, 6.07) is 8.09. The van der Waals surface area contributed by atoms with Gasteiger partial charge in [-0.25, -0.2) is 9.97 Å². The van der Waals surface area contributed by atoms with Crippen LogP contribution >= 0.6 is 11.3 Å². The number of benzene rings is 1. The number of phenols is 1. The zero-order valence-electron chi connectivity index (χ0n) is 15.1. The number of thiophene rings is 1. The van der Waals surface area contributed by atoms with Crippen LogP contribution in [0.4, 0.5) is 5.82 Å². The molecule has 0 fully saturated rings. The molecule has 0 atom stereocenters. The van der Waals surface area contributed by atoms with Crippen LogP contribution < -0.4 is 9.64 Å². The van der Waals surface area contributed by atoms with Gasteiger partial charge < -0.3 is 14.7 Å². The number of hydrogen-bond acceptors (Lipinski definition) is 6. The van der Waals surface area contributed by atoms with Crippen LogP contribution in [0.2, 0.25) is 0 Å². The molecule has 2 aromatic heterocycles. The fourth-order valence-electron chi connectivity index (χ4n) is 3.26. The van der Waals surface area contributed by atoms with E-state index in [9.17, 15) is 5.11 Å². The van der Waals surface area contributed by atoms with Gasteiger partial charge in [-0.1, -0.05) is 0 Å². The van der Waals surface area contributed by atoms with Crippen LogP contribution in [0.5, 0.6) is 11.5 Å². The van der Waals surface area contributed by atoms with Crippen molar-refractivity contribution in [2.24, 2.45) is 0 Å². The summed E-state index contributed by atoms with van der Waals surface area (Å²) in [5.41, 5.74) is 4.04. The Balaban J connectivity index is 1.75. The summed E-state index contributed by atoms with van der Waals surface area (Å²) in [6.45, 7) is 7.96. The lowest BCUT2D eigenvalue weighted by molar-refractivity contribution is 0.311. The van der Waals surface area contributed by atoms with E-state index in [0.29, 0.717) is 25.4 Å². The molecule has 3 heterocycles. The molecule has 0 amide bonds. The van der Waals surface area contributed by atoms with E-state index in [0.717, 1.165) is 33.1 Å². The fourth-order valence-corrected chi connectivity index (χ4v) is 4.11. The van der Waals surface area contributed by atoms with Gasteiger partial charge in [0.05, 0.1) is 6.54 Å². The number of hydrogen-bond donors (Lipinski definition) is 1. The third-order valence-corrected chi connectivity index (χ3v) is 5.80. The Hall–Kier alpha value is -2.60. The fraction of sp³-hybridized carbons (Fsp3) is 0.300. The lowest BCUT2D eigenvalue weighted by Crippen LogP contribution is -2.27. The Kier molecular flexibility index (Phi) is 4.28. The van der Waals surface area contributed by atoms with Gasteiger partial charge in [-0.05, 0) is 50.6 Å². The number of aryl methyl sites for hydroxylation is 2. The summed E-state index contributed by atoms with van der Waals surface area (Å²) in [5.74, 6) is 1.69. The molecule has 26 heavy (non-hydrogen) atoms. The average Bonchev–Trinajstić information content (AvgIpc) is 2.93. The van der Waals surface area contributed by atoms with Crippen LogP contribution in [0.1, 0.15) is 21.7 Å². The molecule has 0 unspecified atom stereocenters. The van der Waals surface area contributed by atoms with Crippen LogP contribution in [0.3, 0.4) is 0 Å². The molecule has 1 aliphatic heterocycles. The zero-order valence-corrected chi connectivity index (χ0v) is 15.9. The van der Waals surface area contributed by atoms with E-state index in [1.807, 2.05) is 13.8 Å². The van der Waals surface area contributed by atoms with Gasteiger partial charge in [0.1, 0.15) is 18.8 Å². The third-order valence-electron chi connectivity index (χ3n) is 4.75. The molecule has 134 valence electrons. The molecule has 4 rings (SSSR count). The highest BCUT2D eigenvalue weighted by Crippen LogP contribution is 2.40. The first kappa shape index (κ1) is 16.8. The largest absolute Gasteiger partial charge is 0.504 e. The van der Waals surface area contributed by atoms with Crippen LogP contribution in [0, 0.1) is 20.8 Å². The quantitative estimate of drug-likeness (QED) is 0.734. The number of ether oxygens (including phenoxy) is 1. The summed E-state index contributed by atoms with van der Waals surface area (Å²) in [5, 5.41) is 10.5. The highest BCUT2D eigenvalue weighted by Gasteiger charge is 2.22. The molecule has 0 saturated carbocycles. The molecule has 1 N–H and O–H groups in total. The van der Waals surface area contributed by atoms with Gasteiger partial charge in [0.2, 0.25) is 0 Å². The van der Waals surface area contributed by atoms with E-state index >= 15 is 0 Å². The predicted octanol–water partition coefficient (Wildman–Crippen LogP) is 4.23. The number of aromatic nitrogens is 2. The first-order chi connectivity index (χ1) is 12.5. The van der Waals surface area contributed by atoms with E-state index in [2.05, 4.69) is 40.0 Å². The van der Waals surface area contributed by atoms with Crippen molar-refractivity contribution in [2.75, 3.05) is 18.1 Å². The average molecular weight is 367 g/mol. The lowest BCUT2D eigenvalue weighted by Gasteiger charge is -2.23.